The first-order chi connectivity index (χ1) is 12.4. The van der Waals surface area contributed by atoms with Gasteiger partial charge in [0.05, 0.1) is 5.54 Å². The standard InChI is InChI=1S/C23H26N2O/c1-5-19-17-9-16(4)13-23(19,20-6-7-22(26)24-21(20)12-17)25-18-10-14(2)8-15(3)11-18/h5-11,17,25H,12-13H2,1-4H3,(H,24,26)/b19-5+/t17-,23+/m0/s1. The van der Waals surface area contributed by atoms with Gasteiger partial charge in [-0.3, -0.25) is 4.79 Å². The number of nitrogens with one attached hydrogen (secondary N) is 2. The number of pyridine rings is 1. The van der Waals surface area contributed by atoms with Crippen molar-refractivity contribution < 1.29 is 0 Å². The van der Waals surface area contributed by atoms with E-state index in [1.54, 1.807) is 6.07 Å². The lowest BCUT2D eigenvalue weighted by Crippen LogP contribution is -2.47. The maximum absolute atomic E-state index is 11.9. The molecule has 0 unspecified atom stereocenters. The zero-order valence-electron chi connectivity index (χ0n) is 15.9. The van der Waals surface area contributed by atoms with Crippen LogP contribution in [0.2, 0.25) is 0 Å². The predicted molar refractivity (Wildman–Crippen MR) is 108 cm³/mol. The summed E-state index contributed by atoms with van der Waals surface area (Å²) in [6.45, 7) is 8.61. The minimum Gasteiger partial charge on any atom is -0.371 e. The van der Waals surface area contributed by atoms with Crippen molar-refractivity contribution in [2.24, 2.45) is 5.92 Å². The molecule has 0 radical (unpaired) electrons. The number of hydrogen-bond acceptors (Lipinski definition) is 2. The Morgan fingerprint density at radius 3 is 2.58 bits per heavy atom. The van der Waals surface area contributed by atoms with Crippen LogP contribution in [-0.4, -0.2) is 4.98 Å². The summed E-state index contributed by atoms with van der Waals surface area (Å²) in [4.78, 5) is 15.0. The smallest absolute Gasteiger partial charge is 0.248 e. The molecule has 0 fully saturated rings. The number of hydrogen-bond donors (Lipinski definition) is 2. The second-order valence-corrected chi connectivity index (χ2v) is 7.87. The van der Waals surface area contributed by atoms with Gasteiger partial charge in [0.15, 0.2) is 0 Å². The van der Waals surface area contributed by atoms with Crippen molar-refractivity contribution >= 4 is 5.69 Å². The fraction of sp³-hybridized carbons (Fsp3) is 0.348. The molecular weight excluding hydrogens is 320 g/mol. The Balaban J connectivity index is 1.94. The molecule has 0 spiro atoms. The number of benzene rings is 1. The Labute approximate surface area is 154 Å². The van der Waals surface area contributed by atoms with Crippen LogP contribution in [0.5, 0.6) is 0 Å². The molecule has 1 heterocycles. The van der Waals surface area contributed by atoms with E-state index in [1.807, 2.05) is 6.07 Å². The molecule has 26 heavy (non-hydrogen) atoms. The Morgan fingerprint density at radius 1 is 1.15 bits per heavy atom. The number of aromatic amines is 1. The summed E-state index contributed by atoms with van der Waals surface area (Å²) < 4.78 is 0. The van der Waals surface area contributed by atoms with Gasteiger partial charge in [0.2, 0.25) is 5.56 Å². The molecule has 4 rings (SSSR count). The second kappa shape index (κ2) is 6.01. The Morgan fingerprint density at radius 2 is 1.88 bits per heavy atom. The molecular formula is C23H26N2O. The van der Waals surface area contributed by atoms with Crippen LogP contribution in [0, 0.1) is 19.8 Å². The summed E-state index contributed by atoms with van der Waals surface area (Å²) in [5.74, 6) is 0.331. The first kappa shape index (κ1) is 16.9. The van der Waals surface area contributed by atoms with E-state index in [2.05, 4.69) is 68.3 Å². The molecule has 1 aromatic heterocycles. The molecule has 3 nitrogen and oxygen atoms in total. The molecule has 2 atom stereocenters. The van der Waals surface area contributed by atoms with Gasteiger partial charge in [0.1, 0.15) is 0 Å². The van der Waals surface area contributed by atoms with Gasteiger partial charge in [-0.15, -0.1) is 0 Å². The van der Waals surface area contributed by atoms with Crippen molar-refractivity contribution in [3.05, 3.63) is 86.4 Å². The normalized spacial score (nSPS) is 25.6. The summed E-state index contributed by atoms with van der Waals surface area (Å²) >= 11 is 0. The number of fused-ring (bicyclic) bond motifs is 4. The molecule has 0 amide bonds. The number of allylic oxidation sites excluding steroid dienone is 2. The fourth-order valence-electron chi connectivity index (χ4n) is 4.98. The first-order valence-electron chi connectivity index (χ1n) is 9.34. The minimum absolute atomic E-state index is 0.0204. The zero-order chi connectivity index (χ0) is 18.5. The van der Waals surface area contributed by atoms with Gasteiger partial charge in [0, 0.05) is 28.9 Å². The molecule has 134 valence electrons. The van der Waals surface area contributed by atoms with Crippen molar-refractivity contribution in [3.63, 3.8) is 0 Å². The maximum atomic E-state index is 11.9. The summed E-state index contributed by atoms with van der Waals surface area (Å²) in [5, 5.41) is 3.88. The van der Waals surface area contributed by atoms with Gasteiger partial charge in [-0.1, -0.05) is 23.8 Å². The highest BCUT2D eigenvalue weighted by molar-refractivity contribution is 5.60. The predicted octanol–water partition coefficient (Wildman–Crippen LogP) is 4.77. The van der Waals surface area contributed by atoms with E-state index < -0.39 is 0 Å². The molecule has 1 aromatic carbocycles. The molecule has 2 bridgehead atoms. The molecule has 2 aromatic rings. The van der Waals surface area contributed by atoms with Gasteiger partial charge < -0.3 is 10.3 Å². The maximum Gasteiger partial charge on any atom is 0.248 e. The van der Waals surface area contributed by atoms with Crippen LogP contribution in [-0.2, 0) is 12.0 Å². The number of aromatic nitrogens is 1. The molecule has 2 aliphatic rings. The van der Waals surface area contributed by atoms with Crippen molar-refractivity contribution in [2.75, 3.05) is 5.32 Å². The van der Waals surface area contributed by atoms with Crippen molar-refractivity contribution in [3.8, 4) is 0 Å². The lowest BCUT2D eigenvalue weighted by Gasteiger charge is -2.48. The summed E-state index contributed by atoms with van der Waals surface area (Å²) in [6.07, 6.45) is 6.40. The topological polar surface area (TPSA) is 44.9 Å². The Bertz CT molecular complexity index is 975. The van der Waals surface area contributed by atoms with E-state index in [4.69, 9.17) is 0 Å². The summed E-state index contributed by atoms with van der Waals surface area (Å²) in [7, 11) is 0. The fourth-order valence-corrected chi connectivity index (χ4v) is 4.98. The van der Waals surface area contributed by atoms with Gasteiger partial charge in [0.25, 0.3) is 0 Å². The summed E-state index contributed by atoms with van der Waals surface area (Å²) in [5.41, 5.74) is 8.39. The van der Waals surface area contributed by atoms with Gasteiger partial charge in [-0.25, -0.2) is 0 Å². The van der Waals surface area contributed by atoms with Crippen LogP contribution in [0.4, 0.5) is 5.69 Å². The van der Waals surface area contributed by atoms with Crippen LogP contribution in [0.1, 0.15) is 42.7 Å². The first-order valence-corrected chi connectivity index (χ1v) is 9.34. The second-order valence-electron chi connectivity index (χ2n) is 7.87. The Kier molecular flexibility index (Phi) is 3.91. The van der Waals surface area contributed by atoms with Crippen LogP contribution >= 0.6 is 0 Å². The highest BCUT2D eigenvalue weighted by Crippen LogP contribution is 2.51. The average Bonchev–Trinajstić information content (AvgIpc) is 2.52. The van der Waals surface area contributed by atoms with Gasteiger partial charge >= 0.3 is 0 Å². The molecule has 0 saturated carbocycles. The van der Waals surface area contributed by atoms with Crippen LogP contribution < -0.4 is 10.9 Å². The quantitative estimate of drug-likeness (QED) is 0.770. The highest BCUT2D eigenvalue weighted by Gasteiger charge is 2.46. The highest BCUT2D eigenvalue weighted by atomic mass is 16.1. The van der Waals surface area contributed by atoms with Crippen LogP contribution in [0.3, 0.4) is 0 Å². The van der Waals surface area contributed by atoms with Crippen molar-refractivity contribution in [1.29, 1.82) is 0 Å². The lowest BCUT2D eigenvalue weighted by atomic mass is 9.63. The third kappa shape index (κ3) is 2.63. The lowest BCUT2D eigenvalue weighted by molar-refractivity contribution is 0.440. The number of anilines is 1. The van der Waals surface area contributed by atoms with Crippen LogP contribution in [0.25, 0.3) is 0 Å². The van der Waals surface area contributed by atoms with E-state index >= 15 is 0 Å². The summed E-state index contributed by atoms with van der Waals surface area (Å²) in [6, 6.07) is 10.3. The SMILES string of the molecule is C/C=C1\[C@H]2C=C(C)C[C@]1(Nc1cc(C)cc(C)c1)c1ccc(=O)[nH]c1C2. The average molecular weight is 346 g/mol. The number of rotatable bonds is 2. The van der Waals surface area contributed by atoms with E-state index in [0.717, 1.165) is 24.2 Å². The molecule has 0 aliphatic heterocycles. The third-order valence-corrected chi connectivity index (χ3v) is 5.70. The monoisotopic (exact) mass is 346 g/mol. The number of H-pyrrole nitrogens is 1. The largest absolute Gasteiger partial charge is 0.371 e. The van der Waals surface area contributed by atoms with E-state index in [9.17, 15) is 4.79 Å². The molecule has 0 saturated heterocycles. The van der Waals surface area contributed by atoms with Crippen molar-refractivity contribution in [2.45, 2.75) is 46.1 Å². The Hall–Kier alpha value is -2.55. The zero-order valence-corrected chi connectivity index (χ0v) is 15.9. The van der Waals surface area contributed by atoms with E-state index in [1.165, 1.54) is 27.8 Å². The van der Waals surface area contributed by atoms with Gasteiger partial charge in [-0.2, -0.15) is 0 Å². The molecule has 3 heteroatoms. The van der Waals surface area contributed by atoms with Gasteiger partial charge in [-0.05, 0) is 75.4 Å². The number of aryl methyl sites for hydroxylation is 2. The van der Waals surface area contributed by atoms with E-state index in [0.29, 0.717) is 5.92 Å². The molecule has 2 aliphatic carbocycles. The van der Waals surface area contributed by atoms with E-state index in [-0.39, 0.29) is 11.1 Å². The minimum atomic E-state index is -0.295. The third-order valence-electron chi connectivity index (χ3n) is 5.70. The van der Waals surface area contributed by atoms with Crippen molar-refractivity contribution in [1.82, 2.24) is 4.98 Å². The van der Waals surface area contributed by atoms with Crippen LogP contribution in [0.15, 0.2) is 58.4 Å². The molecule has 2 N–H and O–H groups in total.